The van der Waals surface area contributed by atoms with Crippen LogP contribution in [0.25, 0.3) is 0 Å². The summed E-state index contributed by atoms with van der Waals surface area (Å²) < 4.78 is 4.67. The number of nitrogens with zero attached hydrogens (tertiary/aromatic N) is 2. The van der Waals surface area contributed by atoms with E-state index >= 15 is 0 Å². The molecule has 0 rings (SSSR count). The maximum absolute atomic E-state index is 11.0. The summed E-state index contributed by atoms with van der Waals surface area (Å²) in [7, 11) is 0. The van der Waals surface area contributed by atoms with Gasteiger partial charge in [-0.15, -0.1) is 0 Å². The van der Waals surface area contributed by atoms with Gasteiger partial charge in [-0.2, -0.15) is 10.5 Å². The van der Waals surface area contributed by atoms with Crippen LogP contribution in [0.2, 0.25) is 0 Å². The summed E-state index contributed by atoms with van der Waals surface area (Å²) in [5.41, 5.74) is 0.453. The van der Waals surface area contributed by atoms with Gasteiger partial charge < -0.3 is 9.84 Å². The maximum Gasteiger partial charge on any atom is 0.333 e. The number of carboxylic acid groups (broad SMARTS) is 1. The molecule has 6 nitrogen and oxygen atoms in total. The third kappa shape index (κ3) is 13.3. The van der Waals surface area contributed by atoms with Crippen molar-refractivity contribution in [2.75, 3.05) is 6.61 Å². The molecule has 0 spiro atoms. The number of esters is 1. The van der Waals surface area contributed by atoms with E-state index < -0.39 is 11.9 Å². The average molecular weight is 264 g/mol. The molecule has 0 aromatic rings. The molecule has 0 aromatic heterocycles. The smallest absolute Gasteiger partial charge is 0.333 e. The third-order valence-corrected chi connectivity index (χ3v) is 1.64. The van der Waals surface area contributed by atoms with E-state index in [1.807, 2.05) is 12.1 Å². The molecule has 0 atom stereocenters. The predicted molar refractivity (Wildman–Crippen MR) is 67.6 cm³/mol. The summed E-state index contributed by atoms with van der Waals surface area (Å²) in [6.45, 7) is 8.15. The molecular formula is C13H16N2O4. The van der Waals surface area contributed by atoms with Gasteiger partial charge in [-0.1, -0.05) is 13.2 Å². The van der Waals surface area contributed by atoms with Crippen molar-refractivity contribution in [3.63, 3.8) is 0 Å². The van der Waals surface area contributed by atoms with Gasteiger partial charge in [-0.3, -0.25) is 0 Å². The first-order chi connectivity index (χ1) is 8.86. The lowest BCUT2D eigenvalue weighted by atomic mass is 10.2. The zero-order chi connectivity index (χ0) is 15.3. The fourth-order valence-corrected chi connectivity index (χ4v) is 0.600. The molecule has 0 aliphatic rings. The summed E-state index contributed by atoms with van der Waals surface area (Å²) in [5.74, 6) is -1.46. The summed E-state index contributed by atoms with van der Waals surface area (Å²) >= 11 is 0. The summed E-state index contributed by atoms with van der Waals surface area (Å²) in [5, 5.41) is 24.3. The first-order valence-electron chi connectivity index (χ1n) is 5.34. The molecule has 0 aliphatic heterocycles. The molecule has 0 amide bonds. The van der Waals surface area contributed by atoms with E-state index in [9.17, 15) is 9.59 Å². The van der Waals surface area contributed by atoms with Gasteiger partial charge in [0.25, 0.3) is 0 Å². The highest BCUT2D eigenvalue weighted by Crippen LogP contribution is 2.03. The molecule has 0 aliphatic carbocycles. The van der Waals surface area contributed by atoms with Gasteiger partial charge >= 0.3 is 11.9 Å². The number of carbonyl (C=O) groups is 2. The number of aliphatic carboxylic acids is 1. The van der Waals surface area contributed by atoms with Gasteiger partial charge in [0.05, 0.1) is 18.6 Å². The standard InChI is InChI=1S/C9H10N2O2.C4H6O2/c1-8(4-2-5-10)9(12)13-7-3-6-11;1-3(2)4(5)6/h1-4,7H2;1H2,2H3,(H,5,6). The van der Waals surface area contributed by atoms with Crippen LogP contribution in [0.1, 0.15) is 26.2 Å². The van der Waals surface area contributed by atoms with Gasteiger partial charge in [-0.05, 0) is 13.3 Å². The number of carbonyl (C=O) groups excluding carboxylic acids is 1. The van der Waals surface area contributed by atoms with Gasteiger partial charge in [0.1, 0.15) is 6.61 Å². The van der Waals surface area contributed by atoms with Crippen molar-refractivity contribution in [3.05, 3.63) is 24.3 Å². The second-order valence-corrected chi connectivity index (χ2v) is 3.39. The second kappa shape index (κ2) is 11.9. The first kappa shape index (κ1) is 18.8. The Morgan fingerprint density at radius 1 is 1.21 bits per heavy atom. The summed E-state index contributed by atoms with van der Waals surface area (Å²) in [6, 6.07) is 3.75. The van der Waals surface area contributed by atoms with Crippen LogP contribution in [-0.4, -0.2) is 23.7 Å². The van der Waals surface area contributed by atoms with Crippen molar-refractivity contribution in [3.8, 4) is 12.1 Å². The second-order valence-electron chi connectivity index (χ2n) is 3.39. The molecule has 0 saturated heterocycles. The molecule has 1 N–H and O–H groups in total. The lowest BCUT2D eigenvalue weighted by Gasteiger charge is -2.02. The fourth-order valence-electron chi connectivity index (χ4n) is 0.600. The molecule has 0 radical (unpaired) electrons. The van der Waals surface area contributed by atoms with Crippen LogP contribution in [0.15, 0.2) is 24.3 Å². The van der Waals surface area contributed by atoms with Crippen molar-refractivity contribution >= 4 is 11.9 Å². The molecule has 0 unspecified atom stereocenters. The van der Waals surface area contributed by atoms with Gasteiger partial charge in [0.15, 0.2) is 0 Å². The Labute approximate surface area is 112 Å². The van der Waals surface area contributed by atoms with E-state index in [0.717, 1.165) is 0 Å². The topological polar surface area (TPSA) is 111 Å². The molecule has 0 heterocycles. The first-order valence-corrected chi connectivity index (χ1v) is 5.34. The van der Waals surface area contributed by atoms with Crippen molar-refractivity contribution in [1.29, 1.82) is 10.5 Å². The Balaban J connectivity index is 0. The minimum Gasteiger partial charge on any atom is -0.478 e. The predicted octanol–water partition coefficient (Wildman–Crippen LogP) is 1.95. The van der Waals surface area contributed by atoms with E-state index in [1.165, 1.54) is 6.92 Å². The molecule has 19 heavy (non-hydrogen) atoms. The van der Waals surface area contributed by atoms with Crippen molar-refractivity contribution < 1.29 is 19.4 Å². The molecule has 6 heteroatoms. The van der Waals surface area contributed by atoms with Crippen LogP contribution in [0.3, 0.4) is 0 Å². The van der Waals surface area contributed by atoms with E-state index in [4.69, 9.17) is 15.6 Å². The van der Waals surface area contributed by atoms with Crippen LogP contribution in [0.4, 0.5) is 0 Å². The minimum absolute atomic E-state index is 0.0842. The fraction of sp³-hybridized carbons (Fsp3) is 0.385. The molecule has 0 bridgehead atoms. The van der Waals surface area contributed by atoms with E-state index in [-0.39, 0.29) is 30.6 Å². The lowest BCUT2D eigenvalue weighted by Crippen LogP contribution is -2.07. The number of ether oxygens (including phenoxy) is 1. The number of hydrogen-bond acceptors (Lipinski definition) is 5. The number of nitriles is 2. The lowest BCUT2D eigenvalue weighted by molar-refractivity contribution is -0.139. The number of hydrogen-bond donors (Lipinski definition) is 1. The Hall–Kier alpha value is -2.60. The van der Waals surface area contributed by atoms with Gasteiger partial charge in [0.2, 0.25) is 0 Å². The molecule has 0 fully saturated rings. The van der Waals surface area contributed by atoms with Crippen LogP contribution in [-0.2, 0) is 14.3 Å². The largest absolute Gasteiger partial charge is 0.478 e. The Bertz CT molecular complexity index is 415. The summed E-state index contributed by atoms with van der Waals surface area (Å²) in [6.07, 6.45) is 0.755. The molecule has 0 saturated carbocycles. The normalized spacial score (nSPS) is 7.95. The summed E-state index contributed by atoms with van der Waals surface area (Å²) in [4.78, 5) is 20.6. The monoisotopic (exact) mass is 264 g/mol. The number of carboxylic acids is 1. The Morgan fingerprint density at radius 3 is 2.05 bits per heavy atom. The van der Waals surface area contributed by atoms with Gasteiger partial charge in [0, 0.05) is 17.6 Å². The van der Waals surface area contributed by atoms with Crippen LogP contribution < -0.4 is 0 Å². The maximum atomic E-state index is 11.0. The molecule has 0 aromatic carbocycles. The molecular weight excluding hydrogens is 248 g/mol. The SMILES string of the molecule is C=C(C)C(=O)O.C=C(CCC#N)C(=O)OCCC#N. The Kier molecular flexibility index (Phi) is 11.7. The van der Waals surface area contributed by atoms with E-state index in [0.29, 0.717) is 6.42 Å². The van der Waals surface area contributed by atoms with Crippen LogP contribution in [0.5, 0.6) is 0 Å². The van der Waals surface area contributed by atoms with Crippen molar-refractivity contribution in [1.82, 2.24) is 0 Å². The Morgan fingerprint density at radius 2 is 1.68 bits per heavy atom. The van der Waals surface area contributed by atoms with Gasteiger partial charge in [-0.25, -0.2) is 9.59 Å². The highest BCUT2D eigenvalue weighted by molar-refractivity contribution is 5.87. The minimum atomic E-state index is -0.935. The van der Waals surface area contributed by atoms with Crippen LogP contribution in [0, 0.1) is 22.7 Å². The number of rotatable bonds is 6. The highest BCUT2D eigenvalue weighted by Gasteiger charge is 2.06. The van der Waals surface area contributed by atoms with E-state index in [1.54, 1.807) is 0 Å². The third-order valence-electron chi connectivity index (χ3n) is 1.64. The zero-order valence-corrected chi connectivity index (χ0v) is 10.8. The highest BCUT2D eigenvalue weighted by atomic mass is 16.5. The average Bonchev–Trinajstić information content (AvgIpc) is 2.36. The van der Waals surface area contributed by atoms with Crippen LogP contribution >= 0.6 is 0 Å². The quantitative estimate of drug-likeness (QED) is 0.446. The molecule has 102 valence electrons. The van der Waals surface area contributed by atoms with E-state index in [2.05, 4.69) is 17.9 Å². The van der Waals surface area contributed by atoms with Crippen molar-refractivity contribution in [2.24, 2.45) is 0 Å². The van der Waals surface area contributed by atoms with Crippen molar-refractivity contribution in [2.45, 2.75) is 26.2 Å². The zero-order valence-electron chi connectivity index (χ0n) is 10.8.